The van der Waals surface area contributed by atoms with Gasteiger partial charge in [0, 0.05) is 29.3 Å². The molecule has 0 aliphatic carbocycles. The predicted octanol–water partition coefficient (Wildman–Crippen LogP) is 3.42. The number of benzene rings is 2. The molecule has 3 nitrogen and oxygen atoms in total. The van der Waals surface area contributed by atoms with E-state index >= 15 is 0 Å². The highest BCUT2D eigenvalue weighted by atomic mass is 32.2. The van der Waals surface area contributed by atoms with E-state index in [0.717, 1.165) is 17.0 Å². The van der Waals surface area contributed by atoms with Crippen molar-refractivity contribution in [3.8, 4) is 0 Å². The van der Waals surface area contributed by atoms with Crippen LogP contribution in [0.15, 0.2) is 53.4 Å². The molecule has 0 saturated carbocycles. The van der Waals surface area contributed by atoms with E-state index in [1.807, 2.05) is 24.3 Å². The smallest absolute Gasteiger partial charge is 0.220 e. The lowest BCUT2D eigenvalue weighted by Crippen LogP contribution is -2.25. The van der Waals surface area contributed by atoms with E-state index in [2.05, 4.69) is 36.5 Å². The van der Waals surface area contributed by atoms with E-state index in [1.54, 1.807) is 11.8 Å². The van der Waals surface area contributed by atoms with Gasteiger partial charge in [0.05, 0.1) is 0 Å². The zero-order valence-electron chi connectivity index (χ0n) is 12.8. The zero-order chi connectivity index (χ0) is 15.8. The average Bonchev–Trinajstić information content (AvgIpc) is 2.52. The number of amides is 1. The van der Waals surface area contributed by atoms with Crippen LogP contribution >= 0.6 is 11.8 Å². The van der Waals surface area contributed by atoms with Crippen LogP contribution in [0.5, 0.6) is 0 Å². The van der Waals surface area contributed by atoms with Crippen molar-refractivity contribution in [1.29, 1.82) is 0 Å². The molecular formula is C18H22N2OS. The maximum Gasteiger partial charge on any atom is 0.220 e. The maximum absolute atomic E-state index is 11.8. The van der Waals surface area contributed by atoms with Gasteiger partial charge in [-0.1, -0.05) is 35.9 Å². The fourth-order valence-electron chi connectivity index (χ4n) is 2.09. The van der Waals surface area contributed by atoms with Gasteiger partial charge < -0.3 is 11.1 Å². The van der Waals surface area contributed by atoms with Gasteiger partial charge in [-0.3, -0.25) is 4.79 Å². The number of anilines is 1. The molecule has 2 aromatic rings. The van der Waals surface area contributed by atoms with Crippen LogP contribution in [-0.2, 0) is 11.2 Å². The van der Waals surface area contributed by atoms with Crippen molar-refractivity contribution in [3.05, 3.63) is 59.7 Å². The van der Waals surface area contributed by atoms with Crippen molar-refractivity contribution in [2.45, 2.75) is 24.7 Å². The van der Waals surface area contributed by atoms with Crippen molar-refractivity contribution >= 4 is 23.4 Å². The first-order valence-corrected chi connectivity index (χ1v) is 8.43. The van der Waals surface area contributed by atoms with Crippen LogP contribution < -0.4 is 11.1 Å². The third-order valence-corrected chi connectivity index (χ3v) is 4.40. The quantitative estimate of drug-likeness (QED) is 0.468. The number of carbonyl (C=O) groups excluding carboxylic acids is 1. The van der Waals surface area contributed by atoms with E-state index in [1.165, 1.54) is 10.5 Å². The molecule has 116 valence electrons. The molecule has 2 aromatic carbocycles. The molecule has 3 N–H and O–H groups in total. The van der Waals surface area contributed by atoms with Crippen LogP contribution in [0.4, 0.5) is 5.69 Å². The number of nitrogens with one attached hydrogen (secondary N) is 1. The van der Waals surface area contributed by atoms with Gasteiger partial charge in [-0.05, 0) is 37.1 Å². The Balaban J connectivity index is 1.64. The van der Waals surface area contributed by atoms with E-state index in [0.29, 0.717) is 19.4 Å². The van der Waals surface area contributed by atoms with Crippen molar-refractivity contribution in [2.24, 2.45) is 0 Å². The Morgan fingerprint density at radius 3 is 2.59 bits per heavy atom. The molecule has 0 spiro atoms. The summed E-state index contributed by atoms with van der Waals surface area (Å²) >= 11 is 1.75. The van der Waals surface area contributed by atoms with Gasteiger partial charge >= 0.3 is 0 Å². The highest BCUT2D eigenvalue weighted by molar-refractivity contribution is 7.99. The molecule has 0 unspecified atom stereocenters. The Labute approximate surface area is 136 Å². The minimum Gasteiger partial charge on any atom is -0.399 e. The number of hydrogen-bond acceptors (Lipinski definition) is 3. The Kier molecular flexibility index (Phi) is 6.34. The van der Waals surface area contributed by atoms with Crippen LogP contribution in [-0.4, -0.2) is 18.2 Å². The van der Waals surface area contributed by atoms with E-state index in [-0.39, 0.29) is 5.91 Å². The third-order valence-electron chi connectivity index (χ3n) is 3.39. The monoisotopic (exact) mass is 314 g/mol. The minimum atomic E-state index is 0.0766. The number of rotatable bonds is 7. The summed E-state index contributed by atoms with van der Waals surface area (Å²) in [5.41, 5.74) is 8.92. The summed E-state index contributed by atoms with van der Waals surface area (Å²) in [7, 11) is 0. The molecule has 0 fully saturated rings. The number of carbonyl (C=O) groups is 1. The van der Waals surface area contributed by atoms with Gasteiger partial charge in [-0.15, -0.1) is 11.8 Å². The molecule has 2 rings (SSSR count). The van der Waals surface area contributed by atoms with Crippen molar-refractivity contribution in [2.75, 3.05) is 18.0 Å². The molecule has 4 heteroatoms. The van der Waals surface area contributed by atoms with Crippen molar-refractivity contribution in [1.82, 2.24) is 5.32 Å². The second kappa shape index (κ2) is 8.49. The third kappa shape index (κ3) is 5.45. The van der Waals surface area contributed by atoms with Gasteiger partial charge in [-0.25, -0.2) is 0 Å². The first-order valence-electron chi connectivity index (χ1n) is 7.44. The summed E-state index contributed by atoms with van der Waals surface area (Å²) in [6.07, 6.45) is 1.16. The second-order valence-electron chi connectivity index (χ2n) is 5.21. The molecule has 0 bridgehead atoms. The lowest BCUT2D eigenvalue weighted by molar-refractivity contribution is -0.120. The van der Waals surface area contributed by atoms with Gasteiger partial charge in [0.25, 0.3) is 0 Å². The Morgan fingerprint density at radius 2 is 1.86 bits per heavy atom. The fourth-order valence-corrected chi connectivity index (χ4v) is 2.86. The predicted molar refractivity (Wildman–Crippen MR) is 94.1 cm³/mol. The van der Waals surface area contributed by atoms with Crippen molar-refractivity contribution in [3.63, 3.8) is 0 Å². The topological polar surface area (TPSA) is 55.1 Å². The molecule has 0 aliphatic rings. The SMILES string of the molecule is Cc1ccc(SCCNC(=O)CCc2ccccc2N)cc1. The normalized spacial score (nSPS) is 10.4. The molecule has 0 aliphatic heterocycles. The second-order valence-corrected chi connectivity index (χ2v) is 6.38. The number of thioether (sulfide) groups is 1. The van der Waals surface area contributed by atoms with Crippen LogP contribution in [0.2, 0.25) is 0 Å². The summed E-state index contributed by atoms with van der Waals surface area (Å²) < 4.78 is 0. The summed E-state index contributed by atoms with van der Waals surface area (Å²) in [4.78, 5) is 13.1. The van der Waals surface area contributed by atoms with E-state index < -0.39 is 0 Å². The zero-order valence-corrected chi connectivity index (χ0v) is 13.7. The molecule has 0 aromatic heterocycles. The molecule has 1 amide bonds. The van der Waals surface area contributed by atoms with Gasteiger partial charge in [-0.2, -0.15) is 0 Å². The molecule has 0 radical (unpaired) electrons. The summed E-state index contributed by atoms with van der Waals surface area (Å²) in [5, 5.41) is 2.95. The van der Waals surface area contributed by atoms with Crippen LogP contribution in [0.25, 0.3) is 0 Å². The van der Waals surface area contributed by atoms with Gasteiger partial charge in [0.15, 0.2) is 0 Å². The Morgan fingerprint density at radius 1 is 1.14 bits per heavy atom. The number of aryl methyl sites for hydroxylation is 2. The molecule has 0 heterocycles. The van der Waals surface area contributed by atoms with Gasteiger partial charge in [0.2, 0.25) is 5.91 Å². The fraction of sp³-hybridized carbons (Fsp3) is 0.278. The van der Waals surface area contributed by atoms with Crippen molar-refractivity contribution < 1.29 is 4.79 Å². The lowest BCUT2D eigenvalue weighted by Gasteiger charge is -2.07. The Bertz CT molecular complexity index is 611. The maximum atomic E-state index is 11.8. The first-order chi connectivity index (χ1) is 10.6. The van der Waals surface area contributed by atoms with E-state index in [9.17, 15) is 4.79 Å². The first kappa shape index (κ1) is 16.4. The molecular weight excluding hydrogens is 292 g/mol. The highest BCUT2D eigenvalue weighted by Crippen LogP contribution is 2.17. The lowest BCUT2D eigenvalue weighted by atomic mass is 10.1. The largest absolute Gasteiger partial charge is 0.399 e. The number of para-hydroxylation sites is 1. The van der Waals surface area contributed by atoms with E-state index in [4.69, 9.17) is 5.73 Å². The Hall–Kier alpha value is -1.94. The number of nitrogen functional groups attached to an aromatic ring is 1. The van der Waals surface area contributed by atoms with Crippen LogP contribution in [0.3, 0.4) is 0 Å². The molecule has 0 atom stereocenters. The van der Waals surface area contributed by atoms with Crippen LogP contribution in [0.1, 0.15) is 17.5 Å². The number of nitrogens with two attached hydrogens (primary N) is 1. The number of hydrogen-bond donors (Lipinski definition) is 2. The average molecular weight is 314 g/mol. The van der Waals surface area contributed by atoms with Gasteiger partial charge in [0.1, 0.15) is 0 Å². The minimum absolute atomic E-state index is 0.0766. The highest BCUT2D eigenvalue weighted by Gasteiger charge is 2.04. The summed E-state index contributed by atoms with van der Waals surface area (Å²) in [6, 6.07) is 16.1. The summed E-state index contributed by atoms with van der Waals surface area (Å²) in [5.74, 6) is 0.954. The molecule has 0 saturated heterocycles. The van der Waals surface area contributed by atoms with Crippen LogP contribution in [0, 0.1) is 6.92 Å². The summed E-state index contributed by atoms with van der Waals surface area (Å²) in [6.45, 7) is 2.76. The standard InChI is InChI=1S/C18H22N2OS/c1-14-6-9-16(10-7-14)22-13-12-20-18(21)11-8-15-4-2-3-5-17(15)19/h2-7,9-10H,8,11-13,19H2,1H3,(H,20,21). The molecule has 22 heavy (non-hydrogen) atoms.